The van der Waals surface area contributed by atoms with Crippen LogP contribution in [0.15, 0.2) is 42.6 Å². The molecule has 2 N–H and O–H groups in total. The molecule has 4 nitrogen and oxygen atoms in total. The first-order chi connectivity index (χ1) is 9.34. The molecule has 98 valence electrons. The third-order valence-corrected chi connectivity index (χ3v) is 3.40. The van der Waals surface area contributed by atoms with Crippen LogP contribution in [0, 0.1) is 0 Å². The van der Waals surface area contributed by atoms with Crippen molar-refractivity contribution in [2.45, 2.75) is 19.4 Å². The minimum Gasteiger partial charge on any atom is -0.378 e. The molecule has 0 unspecified atom stereocenters. The van der Waals surface area contributed by atoms with Crippen molar-refractivity contribution in [3.05, 3.63) is 48.3 Å². The van der Waals surface area contributed by atoms with Gasteiger partial charge in [-0.1, -0.05) is 12.1 Å². The number of carbonyl (C=O) groups excluding carboxylic acids is 1. The molecule has 0 atom stereocenters. The third kappa shape index (κ3) is 2.47. The molecule has 1 saturated heterocycles. The van der Waals surface area contributed by atoms with E-state index in [9.17, 15) is 4.79 Å². The molecule has 1 amide bonds. The van der Waals surface area contributed by atoms with Gasteiger partial charge in [-0.2, -0.15) is 0 Å². The lowest BCUT2D eigenvalue weighted by Crippen LogP contribution is -2.24. The number of nitrogens with zero attached hydrogens (tertiary/aromatic N) is 1. The predicted molar refractivity (Wildman–Crippen MR) is 76.1 cm³/mol. The van der Waals surface area contributed by atoms with Crippen LogP contribution in [0.2, 0.25) is 0 Å². The second kappa shape index (κ2) is 5.18. The molecule has 4 heteroatoms. The highest BCUT2D eigenvalue weighted by Gasteiger charge is 2.23. The standard InChI is InChI=1S/C15H17N3O/c19-15-8-4-10-18(15)14-7-2-1-6-13(14)17-11-12-5-3-9-16-12/h1-3,5-7,9,16-17H,4,8,10-11H2. The monoisotopic (exact) mass is 255 g/mol. The Morgan fingerprint density at radius 1 is 1.21 bits per heavy atom. The number of aromatic amines is 1. The highest BCUT2D eigenvalue weighted by atomic mass is 16.2. The summed E-state index contributed by atoms with van der Waals surface area (Å²) in [4.78, 5) is 16.9. The topological polar surface area (TPSA) is 48.1 Å². The number of anilines is 2. The molecule has 1 fully saturated rings. The number of para-hydroxylation sites is 2. The summed E-state index contributed by atoms with van der Waals surface area (Å²) >= 11 is 0. The Hall–Kier alpha value is -2.23. The molecular weight excluding hydrogens is 238 g/mol. The van der Waals surface area contributed by atoms with Gasteiger partial charge in [0.1, 0.15) is 0 Å². The number of benzene rings is 1. The maximum Gasteiger partial charge on any atom is 0.227 e. The average Bonchev–Trinajstić information content (AvgIpc) is 3.08. The fraction of sp³-hybridized carbons (Fsp3) is 0.267. The number of amides is 1. The molecule has 3 rings (SSSR count). The van der Waals surface area contributed by atoms with E-state index in [1.807, 2.05) is 47.5 Å². The van der Waals surface area contributed by atoms with Crippen LogP contribution in [0.1, 0.15) is 18.5 Å². The summed E-state index contributed by atoms with van der Waals surface area (Å²) in [6.45, 7) is 1.55. The smallest absolute Gasteiger partial charge is 0.227 e. The number of carbonyl (C=O) groups is 1. The second-order valence-corrected chi connectivity index (χ2v) is 4.71. The molecule has 0 radical (unpaired) electrons. The zero-order valence-electron chi connectivity index (χ0n) is 10.7. The van der Waals surface area contributed by atoms with E-state index in [-0.39, 0.29) is 5.91 Å². The van der Waals surface area contributed by atoms with Gasteiger partial charge in [-0.05, 0) is 30.7 Å². The van der Waals surface area contributed by atoms with Crippen molar-refractivity contribution < 1.29 is 4.79 Å². The quantitative estimate of drug-likeness (QED) is 0.882. The minimum atomic E-state index is 0.217. The zero-order chi connectivity index (χ0) is 13.1. The fourth-order valence-corrected chi connectivity index (χ4v) is 2.43. The summed E-state index contributed by atoms with van der Waals surface area (Å²) in [5, 5.41) is 3.39. The zero-order valence-corrected chi connectivity index (χ0v) is 10.7. The van der Waals surface area contributed by atoms with Crippen molar-refractivity contribution in [2.24, 2.45) is 0 Å². The van der Waals surface area contributed by atoms with Crippen LogP contribution in [0.4, 0.5) is 11.4 Å². The van der Waals surface area contributed by atoms with Gasteiger partial charge in [0.2, 0.25) is 5.91 Å². The van der Waals surface area contributed by atoms with E-state index in [0.717, 1.165) is 36.6 Å². The minimum absolute atomic E-state index is 0.217. The van der Waals surface area contributed by atoms with Crippen molar-refractivity contribution in [1.82, 2.24) is 4.98 Å². The normalized spacial score (nSPS) is 14.9. The van der Waals surface area contributed by atoms with E-state index in [0.29, 0.717) is 6.42 Å². The molecule has 0 saturated carbocycles. The lowest BCUT2D eigenvalue weighted by atomic mass is 10.2. The van der Waals surface area contributed by atoms with Crippen molar-refractivity contribution in [2.75, 3.05) is 16.8 Å². The van der Waals surface area contributed by atoms with E-state index < -0.39 is 0 Å². The number of nitrogens with one attached hydrogen (secondary N) is 2. The molecular formula is C15H17N3O. The van der Waals surface area contributed by atoms with Gasteiger partial charge in [0.05, 0.1) is 17.9 Å². The molecule has 2 heterocycles. The van der Waals surface area contributed by atoms with Gasteiger partial charge in [-0.15, -0.1) is 0 Å². The van der Waals surface area contributed by atoms with Gasteiger partial charge in [0, 0.05) is 24.9 Å². The fourth-order valence-electron chi connectivity index (χ4n) is 2.43. The Labute approximate surface area is 112 Å². The Bertz CT molecular complexity index is 563. The predicted octanol–water partition coefficient (Wildman–Crippen LogP) is 2.75. The van der Waals surface area contributed by atoms with Gasteiger partial charge < -0.3 is 15.2 Å². The molecule has 0 spiro atoms. The van der Waals surface area contributed by atoms with Gasteiger partial charge in [0.25, 0.3) is 0 Å². The number of aromatic nitrogens is 1. The van der Waals surface area contributed by atoms with Crippen LogP contribution in [-0.4, -0.2) is 17.4 Å². The van der Waals surface area contributed by atoms with Gasteiger partial charge >= 0.3 is 0 Å². The first-order valence-electron chi connectivity index (χ1n) is 6.60. The Morgan fingerprint density at radius 3 is 2.84 bits per heavy atom. The van der Waals surface area contributed by atoms with E-state index in [4.69, 9.17) is 0 Å². The molecule has 2 aromatic rings. The first-order valence-corrected chi connectivity index (χ1v) is 6.60. The highest BCUT2D eigenvalue weighted by molar-refractivity contribution is 5.98. The molecule has 0 bridgehead atoms. The lowest BCUT2D eigenvalue weighted by molar-refractivity contribution is -0.117. The van der Waals surface area contributed by atoms with Crippen LogP contribution in [-0.2, 0) is 11.3 Å². The number of rotatable bonds is 4. The summed E-state index contributed by atoms with van der Waals surface area (Å²) < 4.78 is 0. The van der Waals surface area contributed by atoms with Crippen molar-refractivity contribution in [3.8, 4) is 0 Å². The van der Waals surface area contributed by atoms with Gasteiger partial charge in [-0.3, -0.25) is 4.79 Å². The van der Waals surface area contributed by atoms with Crippen molar-refractivity contribution in [3.63, 3.8) is 0 Å². The van der Waals surface area contributed by atoms with Crippen LogP contribution in [0.25, 0.3) is 0 Å². The van der Waals surface area contributed by atoms with Gasteiger partial charge in [-0.25, -0.2) is 0 Å². The highest BCUT2D eigenvalue weighted by Crippen LogP contribution is 2.29. The molecule has 1 aliphatic heterocycles. The lowest BCUT2D eigenvalue weighted by Gasteiger charge is -2.20. The second-order valence-electron chi connectivity index (χ2n) is 4.71. The van der Waals surface area contributed by atoms with Gasteiger partial charge in [0.15, 0.2) is 0 Å². The Morgan fingerprint density at radius 2 is 2.11 bits per heavy atom. The Balaban J connectivity index is 1.79. The third-order valence-electron chi connectivity index (χ3n) is 3.40. The Kier molecular flexibility index (Phi) is 3.23. The maximum absolute atomic E-state index is 11.9. The van der Waals surface area contributed by atoms with E-state index in [1.165, 1.54) is 0 Å². The van der Waals surface area contributed by atoms with Crippen LogP contribution < -0.4 is 10.2 Å². The van der Waals surface area contributed by atoms with E-state index in [1.54, 1.807) is 0 Å². The molecule has 19 heavy (non-hydrogen) atoms. The summed E-state index contributed by atoms with van der Waals surface area (Å²) in [5.74, 6) is 0.217. The maximum atomic E-state index is 11.9. The average molecular weight is 255 g/mol. The van der Waals surface area contributed by atoms with Crippen LogP contribution in [0.5, 0.6) is 0 Å². The molecule has 0 aliphatic carbocycles. The molecule has 1 aromatic heterocycles. The van der Waals surface area contributed by atoms with Crippen LogP contribution in [0.3, 0.4) is 0 Å². The summed E-state index contributed by atoms with van der Waals surface area (Å²) in [6.07, 6.45) is 3.52. The number of H-pyrrole nitrogens is 1. The summed E-state index contributed by atoms with van der Waals surface area (Å²) in [6, 6.07) is 12.0. The van der Waals surface area contributed by atoms with Crippen molar-refractivity contribution >= 4 is 17.3 Å². The number of hydrogen-bond acceptors (Lipinski definition) is 2. The SMILES string of the molecule is O=C1CCCN1c1ccccc1NCc1ccc[nH]1. The van der Waals surface area contributed by atoms with E-state index in [2.05, 4.69) is 10.3 Å². The number of hydrogen-bond donors (Lipinski definition) is 2. The van der Waals surface area contributed by atoms with Crippen LogP contribution >= 0.6 is 0 Å². The summed E-state index contributed by atoms with van der Waals surface area (Å²) in [7, 11) is 0. The van der Waals surface area contributed by atoms with E-state index >= 15 is 0 Å². The molecule has 1 aliphatic rings. The first kappa shape index (κ1) is 11.8. The summed E-state index contributed by atoms with van der Waals surface area (Å²) in [5.41, 5.74) is 3.12. The molecule has 1 aromatic carbocycles. The largest absolute Gasteiger partial charge is 0.378 e. The van der Waals surface area contributed by atoms with Crippen molar-refractivity contribution in [1.29, 1.82) is 0 Å².